The van der Waals surface area contributed by atoms with Gasteiger partial charge in [0.1, 0.15) is 11.9 Å². The second-order valence-electron chi connectivity index (χ2n) is 2.59. The molecule has 1 amide bonds. The number of alkyl halides is 2. The fourth-order valence-corrected chi connectivity index (χ4v) is 0.905. The highest BCUT2D eigenvalue weighted by Crippen LogP contribution is 2.16. The SMILES string of the molecule is N#Cc1cc(F)ccc1NC(=O)C(F)F. The summed E-state index contributed by atoms with van der Waals surface area (Å²) in [5.74, 6) is -2.21. The zero-order valence-corrected chi connectivity index (χ0v) is 7.30. The van der Waals surface area contributed by atoms with Crippen molar-refractivity contribution in [2.45, 2.75) is 6.43 Å². The van der Waals surface area contributed by atoms with Crippen LogP contribution in [0.25, 0.3) is 0 Å². The van der Waals surface area contributed by atoms with Gasteiger partial charge in [-0.1, -0.05) is 0 Å². The molecule has 6 heteroatoms. The number of carbonyl (C=O) groups excluding carboxylic acids is 1. The Morgan fingerprint density at radius 3 is 2.67 bits per heavy atom. The fourth-order valence-electron chi connectivity index (χ4n) is 0.905. The summed E-state index contributed by atoms with van der Waals surface area (Å²) in [5.41, 5.74) is -0.340. The number of carbonyl (C=O) groups is 1. The molecule has 0 aliphatic carbocycles. The van der Waals surface area contributed by atoms with Crippen LogP contribution in [0, 0.1) is 17.1 Å². The molecule has 0 radical (unpaired) electrons. The van der Waals surface area contributed by atoms with Crippen molar-refractivity contribution in [1.82, 2.24) is 0 Å². The van der Waals surface area contributed by atoms with Crippen LogP contribution in [0.2, 0.25) is 0 Å². The van der Waals surface area contributed by atoms with E-state index in [0.29, 0.717) is 0 Å². The Labute approximate surface area is 83.1 Å². The number of amides is 1. The van der Waals surface area contributed by atoms with Crippen LogP contribution in [-0.2, 0) is 4.79 Å². The minimum absolute atomic E-state index is 0.135. The van der Waals surface area contributed by atoms with Gasteiger partial charge in [-0.3, -0.25) is 4.79 Å². The lowest BCUT2D eigenvalue weighted by atomic mass is 10.2. The molecule has 0 atom stereocenters. The smallest absolute Gasteiger partial charge is 0.315 e. The predicted molar refractivity (Wildman–Crippen MR) is 45.7 cm³/mol. The molecule has 3 nitrogen and oxygen atoms in total. The molecular formula is C9H5F3N2O. The Morgan fingerprint density at radius 1 is 1.47 bits per heavy atom. The zero-order chi connectivity index (χ0) is 11.4. The normalized spacial score (nSPS) is 9.80. The maximum absolute atomic E-state index is 12.6. The maximum atomic E-state index is 12.6. The Bertz CT molecular complexity index is 426. The van der Waals surface area contributed by atoms with Crippen LogP contribution in [-0.4, -0.2) is 12.3 Å². The van der Waals surface area contributed by atoms with Crippen molar-refractivity contribution in [3.63, 3.8) is 0 Å². The quantitative estimate of drug-likeness (QED) is 0.817. The van der Waals surface area contributed by atoms with Gasteiger partial charge in [0.15, 0.2) is 0 Å². The molecule has 1 aromatic carbocycles. The van der Waals surface area contributed by atoms with Gasteiger partial charge in [0.05, 0.1) is 11.3 Å². The first-order valence-corrected chi connectivity index (χ1v) is 3.83. The third kappa shape index (κ3) is 2.71. The minimum atomic E-state index is -3.18. The first kappa shape index (κ1) is 11.0. The van der Waals surface area contributed by atoms with Crippen molar-refractivity contribution in [3.05, 3.63) is 29.6 Å². The number of halogens is 3. The largest absolute Gasteiger partial charge is 0.320 e. The summed E-state index contributed by atoms with van der Waals surface area (Å²) >= 11 is 0. The lowest BCUT2D eigenvalue weighted by molar-refractivity contribution is -0.126. The number of nitriles is 1. The highest BCUT2D eigenvalue weighted by atomic mass is 19.3. The van der Waals surface area contributed by atoms with Gasteiger partial charge < -0.3 is 5.32 Å². The van der Waals surface area contributed by atoms with Crippen LogP contribution in [0.5, 0.6) is 0 Å². The summed E-state index contributed by atoms with van der Waals surface area (Å²) in [5, 5.41) is 10.3. The van der Waals surface area contributed by atoms with Gasteiger partial charge in [0.25, 0.3) is 5.91 Å². The van der Waals surface area contributed by atoms with Crippen molar-refractivity contribution < 1.29 is 18.0 Å². The zero-order valence-electron chi connectivity index (χ0n) is 7.30. The average Bonchev–Trinajstić information content (AvgIpc) is 2.20. The van der Waals surface area contributed by atoms with Crippen LogP contribution in [0.4, 0.5) is 18.9 Å². The van der Waals surface area contributed by atoms with E-state index >= 15 is 0 Å². The summed E-state index contributed by atoms with van der Waals surface area (Å²) < 4.78 is 36.3. The standard InChI is InChI=1S/C9H5F3N2O/c10-6-1-2-7(5(3-6)4-13)14-9(15)8(11)12/h1-3,8H,(H,14,15). The lowest BCUT2D eigenvalue weighted by Crippen LogP contribution is -2.20. The molecule has 78 valence electrons. The monoisotopic (exact) mass is 214 g/mol. The molecule has 0 spiro atoms. The van der Waals surface area contributed by atoms with Crippen molar-refractivity contribution in [2.24, 2.45) is 0 Å². The Morgan fingerprint density at radius 2 is 2.13 bits per heavy atom. The molecule has 0 unspecified atom stereocenters. The molecule has 0 saturated heterocycles. The van der Waals surface area contributed by atoms with Crippen LogP contribution < -0.4 is 5.32 Å². The lowest BCUT2D eigenvalue weighted by Gasteiger charge is -2.05. The van der Waals surface area contributed by atoms with Gasteiger partial charge in [0.2, 0.25) is 0 Å². The van der Waals surface area contributed by atoms with E-state index < -0.39 is 18.1 Å². The second-order valence-corrected chi connectivity index (χ2v) is 2.59. The number of nitrogens with one attached hydrogen (secondary N) is 1. The van der Waals surface area contributed by atoms with Crippen LogP contribution >= 0.6 is 0 Å². The summed E-state index contributed by atoms with van der Waals surface area (Å²) in [6, 6.07) is 4.44. The number of hydrogen-bond donors (Lipinski definition) is 1. The second kappa shape index (κ2) is 4.46. The van der Waals surface area contributed by atoms with Crippen LogP contribution in [0.1, 0.15) is 5.56 Å². The Kier molecular flexibility index (Phi) is 3.29. The van der Waals surface area contributed by atoms with E-state index in [1.165, 1.54) is 0 Å². The Hall–Kier alpha value is -2.03. The van der Waals surface area contributed by atoms with Crippen LogP contribution in [0.15, 0.2) is 18.2 Å². The molecule has 15 heavy (non-hydrogen) atoms. The number of rotatable bonds is 2. The van der Waals surface area contributed by atoms with E-state index in [1.54, 1.807) is 6.07 Å². The summed E-state index contributed by atoms with van der Waals surface area (Å²) in [4.78, 5) is 10.6. The van der Waals surface area contributed by atoms with Crippen molar-refractivity contribution >= 4 is 11.6 Å². The molecule has 0 heterocycles. The molecule has 0 aromatic heterocycles. The number of benzene rings is 1. The first-order valence-electron chi connectivity index (χ1n) is 3.83. The van der Waals surface area contributed by atoms with Gasteiger partial charge in [-0.15, -0.1) is 0 Å². The van der Waals surface area contributed by atoms with Gasteiger partial charge in [-0.25, -0.2) is 4.39 Å². The van der Waals surface area contributed by atoms with E-state index in [1.807, 2.05) is 5.32 Å². The molecule has 1 N–H and O–H groups in total. The molecule has 0 fully saturated rings. The highest BCUT2D eigenvalue weighted by Gasteiger charge is 2.16. The Balaban J connectivity index is 2.96. The minimum Gasteiger partial charge on any atom is -0.320 e. The van der Waals surface area contributed by atoms with E-state index in [0.717, 1.165) is 18.2 Å². The average molecular weight is 214 g/mol. The number of hydrogen-bond acceptors (Lipinski definition) is 2. The van der Waals surface area contributed by atoms with Gasteiger partial charge >= 0.3 is 6.43 Å². The van der Waals surface area contributed by atoms with Gasteiger partial charge in [0, 0.05) is 0 Å². The molecule has 0 aliphatic rings. The van der Waals surface area contributed by atoms with Crippen molar-refractivity contribution in [3.8, 4) is 6.07 Å². The van der Waals surface area contributed by atoms with Gasteiger partial charge in [-0.05, 0) is 18.2 Å². The number of nitrogens with zero attached hydrogens (tertiary/aromatic N) is 1. The van der Waals surface area contributed by atoms with Gasteiger partial charge in [-0.2, -0.15) is 14.0 Å². The number of anilines is 1. The van der Waals surface area contributed by atoms with E-state index in [4.69, 9.17) is 5.26 Å². The van der Waals surface area contributed by atoms with Crippen molar-refractivity contribution in [2.75, 3.05) is 5.32 Å². The van der Waals surface area contributed by atoms with E-state index in [9.17, 15) is 18.0 Å². The maximum Gasteiger partial charge on any atom is 0.315 e. The molecule has 0 bridgehead atoms. The fraction of sp³-hybridized carbons (Fsp3) is 0.111. The topological polar surface area (TPSA) is 52.9 Å². The third-order valence-corrected chi connectivity index (χ3v) is 1.56. The van der Waals surface area contributed by atoms with Crippen molar-refractivity contribution in [1.29, 1.82) is 5.26 Å². The molecule has 1 rings (SSSR count). The molecule has 1 aromatic rings. The summed E-state index contributed by atoms with van der Waals surface area (Å²) in [6.07, 6.45) is -3.18. The molecular weight excluding hydrogens is 209 g/mol. The molecule has 0 saturated carbocycles. The summed E-state index contributed by atoms with van der Waals surface area (Å²) in [7, 11) is 0. The summed E-state index contributed by atoms with van der Waals surface area (Å²) in [6.45, 7) is 0. The molecule has 0 aliphatic heterocycles. The van der Waals surface area contributed by atoms with E-state index in [-0.39, 0.29) is 11.3 Å². The highest BCUT2D eigenvalue weighted by molar-refractivity contribution is 5.94. The van der Waals surface area contributed by atoms with E-state index in [2.05, 4.69) is 0 Å². The third-order valence-electron chi connectivity index (χ3n) is 1.56. The first-order chi connectivity index (χ1) is 7.04. The van der Waals surface area contributed by atoms with Crippen LogP contribution in [0.3, 0.4) is 0 Å². The predicted octanol–water partition coefficient (Wildman–Crippen LogP) is 1.90.